The van der Waals surface area contributed by atoms with Gasteiger partial charge in [-0.1, -0.05) is 36.7 Å². The molecule has 2 rings (SSSR count). The molecule has 0 aromatic heterocycles. The summed E-state index contributed by atoms with van der Waals surface area (Å²) in [5, 5.41) is 5.82. The van der Waals surface area contributed by atoms with Gasteiger partial charge in [-0.25, -0.2) is 4.79 Å². The molecule has 0 bridgehead atoms. The molecule has 2 N–H and O–H groups in total. The van der Waals surface area contributed by atoms with E-state index in [4.69, 9.17) is 16.3 Å². The maximum atomic E-state index is 12.1. The molecule has 2 aromatic rings. The second-order valence-corrected chi connectivity index (χ2v) is 6.76. The summed E-state index contributed by atoms with van der Waals surface area (Å²) in [5.74, 6) is -1.57. The highest BCUT2D eigenvalue weighted by atomic mass is 35.5. The fourth-order valence-corrected chi connectivity index (χ4v) is 2.71. The van der Waals surface area contributed by atoms with Crippen LogP contribution in [0.15, 0.2) is 42.5 Å². The lowest BCUT2D eigenvalue weighted by Crippen LogP contribution is -2.40. The number of amides is 2. The van der Waals surface area contributed by atoms with Crippen LogP contribution in [0, 0.1) is 6.92 Å². The number of benzene rings is 2. The van der Waals surface area contributed by atoms with E-state index in [9.17, 15) is 14.4 Å². The minimum absolute atomic E-state index is 0.369. The van der Waals surface area contributed by atoms with Crippen LogP contribution in [0.2, 0.25) is 5.02 Å². The van der Waals surface area contributed by atoms with E-state index in [1.165, 1.54) is 6.92 Å². The number of ether oxygens (including phenoxy) is 1. The Morgan fingerprint density at radius 3 is 2.43 bits per heavy atom. The highest BCUT2D eigenvalue weighted by Gasteiger charge is 2.19. The van der Waals surface area contributed by atoms with Gasteiger partial charge in [0.2, 0.25) is 0 Å². The monoisotopic (exact) mass is 402 g/mol. The second-order valence-electron chi connectivity index (χ2n) is 6.32. The van der Waals surface area contributed by atoms with E-state index >= 15 is 0 Å². The third-order valence-electron chi connectivity index (χ3n) is 4.16. The molecular weight excluding hydrogens is 380 g/mol. The van der Waals surface area contributed by atoms with Gasteiger partial charge in [-0.15, -0.1) is 0 Å². The summed E-state index contributed by atoms with van der Waals surface area (Å²) < 4.78 is 5.02. The number of para-hydroxylation sites is 1. The van der Waals surface area contributed by atoms with Gasteiger partial charge in [0.15, 0.2) is 6.61 Å². The van der Waals surface area contributed by atoms with Crippen molar-refractivity contribution in [3.63, 3.8) is 0 Å². The quantitative estimate of drug-likeness (QED) is 0.694. The Bertz CT molecular complexity index is 865. The summed E-state index contributed by atoms with van der Waals surface area (Å²) in [6.07, 6.45) is 0.769. The zero-order valence-corrected chi connectivity index (χ0v) is 16.8. The van der Waals surface area contributed by atoms with Gasteiger partial charge in [-0.2, -0.15) is 0 Å². The summed E-state index contributed by atoms with van der Waals surface area (Å²) in [6, 6.07) is 11.1. The number of rotatable bonds is 7. The zero-order valence-electron chi connectivity index (χ0n) is 16.0. The number of esters is 1. The van der Waals surface area contributed by atoms with Crippen molar-refractivity contribution in [3.8, 4) is 0 Å². The van der Waals surface area contributed by atoms with Crippen LogP contribution in [-0.2, 0) is 20.7 Å². The molecule has 0 aliphatic rings. The van der Waals surface area contributed by atoms with E-state index in [1.807, 2.05) is 32.0 Å². The molecule has 28 heavy (non-hydrogen) atoms. The van der Waals surface area contributed by atoms with Crippen molar-refractivity contribution in [2.75, 3.05) is 11.9 Å². The number of nitrogens with one attached hydrogen (secondary N) is 2. The van der Waals surface area contributed by atoms with Crippen molar-refractivity contribution in [3.05, 3.63) is 64.2 Å². The molecule has 0 aliphatic heterocycles. The molecule has 0 saturated carbocycles. The van der Waals surface area contributed by atoms with Crippen LogP contribution < -0.4 is 10.6 Å². The second kappa shape index (κ2) is 9.90. The average molecular weight is 403 g/mol. The number of anilines is 1. The SMILES string of the molecule is CCc1cccc(C)c1NC(=O)COC(=O)[C@H](C)NC(=O)c1ccc(Cl)cc1. The van der Waals surface area contributed by atoms with Crippen LogP contribution in [0.3, 0.4) is 0 Å². The fourth-order valence-electron chi connectivity index (χ4n) is 2.58. The molecular formula is C21H23ClN2O4. The van der Waals surface area contributed by atoms with Gasteiger partial charge < -0.3 is 15.4 Å². The third-order valence-corrected chi connectivity index (χ3v) is 4.41. The average Bonchev–Trinajstić information content (AvgIpc) is 2.68. The van der Waals surface area contributed by atoms with Gasteiger partial charge in [0.25, 0.3) is 11.8 Å². The number of hydrogen-bond donors (Lipinski definition) is 2. The molecule has 0 spiro atoms. The van der Waals surface area contributed by atoms with Crippen LogP contribution >= 0.6 is 11.6 Å². The van der Waals surface area contributed by atoms with Crippen molar-refractivity contribution in [1.82, 2.24) is 5.32 Å². The van der Waals surface area contributed by atoms with Gasteiger partial charge in [-0.05, 0) is 55.7 Å². The van der Waals surface area contributed by atoms with Crippen molar-refractivity contribution in [1.29, 1.82) is 0 Å². The number of carbonyl (C=O) groups excluding carboxylic acids is 3. The summed E-state index contributed by atoms with van der Waals surface area (Å²) in [6.45, 7) is 4.95. The highest BCUT2D eigenvalue weighted by Crippen LogP contribution is 2.20. The minimum Gasteiger partial charge on any atom is -0.454 e. The van der Waals surface area contributed by atoms with Crippen LogP contribution in [0.5, 0.6) is 0 Å². The van der Waals surface area contributed by atoms with E-state index in [0.717, 1.165) is 23.2 Å². The molecule has 0 radical (unpaired) electrons. The lowest BCUT2D eigenvalue weighted by atomic mass is 10.1. The van der Waals surface area contributed by atoms with Crippen LogP contribution in [0.25, 0.3) is 0 Å². The number of hydrogen-bond acceptors (Lipinski definition) is 4. The Labute approximate surface area is 169 Å². The standard InChI is InChI=1S/C21H23ClN2O4/c1-4-15-7-5-6-13(2)19(15)24-18(25)12-28-21(27)14(3)23-20(26)16-8-10-17(22)11-9-16/h5-11,14H,4,12H2,1-3H3,(H,23,26)(H,24,25)/t14-/m0/s1. The predicted molar refractivity (Wildman–Crippen MR) is 109 cm³/mol. The van der Waals surface area contributed by atoms with Crippen LogP contribution in [0.1, 0.15) is 35.3 Å². The maximum Gasteiger partial charge on any atom is 0.328 e. The van der Waals surface area contributed by atoms with Crippen molar-refractivity contribution in [2.45, 2.75) is 33.2 Å². The Kier molecular flexibility index (Phi) is 7.58. The summed E-state index contributed by atoms with van der Waals surface area (Å²) in [7, 11) is 0. The first kappa shape index (κ1) is 21.4. The molecule has 0 unspecified atom stereocenters. The normalized spacial score (nSPS) is 11.4. The van der Waals surface area contributed by atoms with Gasteiger partial charge in [-0.3, -0.25) is 9.59 Å². The van der Waals surface area contributed by atoms with Gasteiger partial charge in [0.1, 0.15) is 6.04 Å². The van der Waals surface area contributed by atoms with Crippen molar-refractivity contribution < 1.29 is 19.1 Å². The first-order valence-electron chi connectivity index (χ1n) is 8.93. The molecule has 0 fully saturated rings. The Morgan fingerprint density at radius 1 is 1.11 bits per heavy atom. The number of halogens is 1. The molecule has 7 heteroatoms. The topological polar surface area (TPSA) is 84.5 Å². The summed E-state index contributed by atoms with van der Waals surface area (Å²) in [4.78, 5) is 36.3. The minimum atomic E-state index is -0.902. The molecule has 2 amide bonds. The molecule has 0 heterocycles. The molecule has 6 nitrogen and oxygen atoms in total. The first-order chi connectivity index (χ1) is 13.3. The van der Waals surface area contributed by atoms with E-state index in [2.05, 4.69) is 10.6 Å². The predicted octanol–water partition coefficient (Wildman–Crippen LogP) is 3.51. The van der Waals surface area contributed by atoms with E-state index in [1.54, 1.807) is 24.3 Å². The maximum absolute atomic E-state index is 12.1. The fraction of sp³-hybridized carbons (Fsp3) is 0.286. The van der Waals surface area contributed by atoms with Crippen LogP contribution in [-0.4, -0.2) is 30.4 Å². The van der Waals surface area contributed by atoms with Crippen molar-refractivity contribution in [2.24, 2.45) is 0 Å². The van der Waals surface area contributed by atoms with E-state index < -0.39 is 30.4 Å². The molecule has 0 saturated heterocycles. The summed E-state index contributed by atoms with van der Waals surface area (Å²) in [5.41, 5.74) is 3.04. The third kappa shape index (κ3) is 5.82. The lowest BCUT2D eigenvalue weighted by molar-refractivity contribution is -0.148. The Hall–Kier alpha value is -2.86. The van der Waals surface area contributed by atoms with Gasteiger partial charge in [0.05, 0.1) is 0 Å². The highest BCUT2D eigenvalue weighted by molar-refractivity contribution is 6.30. The van der Waals surface area contributed by atoms with Crippen molar-refractivity contribution >= 4 is 35.1 Å². The van der Waals surface area contributed by atoms with Gasteiger partial charge >= 0.3 is 5.97 Å². The van der Waals surface area contributed by atoms with Crippen LogP contribution in [0.4, 0.5) is 5.69 Å². The lowest BCUT2D eigenvalue weighted by Gasteiger charge is -2.15. The number of aryl methyl sites for hydroxylation is 2. The smallest absolute Gasteiger partial charge is 0.328 e. The molecule has 148 valence electrons. The molecule has 2 aromatic carbocycles. The number of carbonyl (C=O) groups is 3. The van der Waals surface area contributed by atoms with Gasteiger partial charge in [0, 0.05) is 16.3 Å². The largest absolute Gasteiger partial charge is 0.454 e. The van der Waals surface area contributed by atoms with E-state index in [0.29, 0.717) is 10.6 Å². The van der Waals surface area contributed by atoms with E-state index in [-0.39, 0.29) is 0 Å². The molecule has 0 aliphatic carbocycles. The molecule has 1 atom stereocenters. The zero-order chi connectivity index (χ0) is 20.7. The first-order valence-corrected chi connectivity index (χ1v) is 9.31. The Morgan fingerprint density at radius 2 is 1.79 bits per heavy atom. The Balaban J connectivity index is 1.86. The summed E-state index contributed by atoms with van der Waals surface area (Å²) >= 11 is 5.79.